The molecule has 1 amide bonds. The Hall–Kier alpha value is -1.33. The van der Waals surface area contributed by atoms with Gasteiger partial charge in [-0.1, -0.05) is 36.6 Å². The van der Waals surface area contributed by atoms with Crippen LogP contribution >= 0.6 is 23.8 Å². The van der Waals surface area contributed by atoms with Crippen LogP contribution in [0.5, 0.6) is 5.75 Å². The highest BCUT2D eigenvalue weighted by molar-refractivity contribution is 7.80. The van der Waals surface area contributed by atoms with Crippen molar-refractivity contribution in [1.82, 2.24) is 10.2 Å². The van der Waals surface area contributed by atoms with Crippen LogP contribution in [0.2, 0.25) is 5.02 Å². The highest BCUT2D eigenvalue weighted by Crippen LogP contribution is 2.22. The molecule has 0 aromatic heterocycles. The number of rotatable bonds is 3. The summed E-state index contributed by atoms with van der Waals surface area (Å²) in [4.78, 5) is 13.9. The number of carbonyl (C=O) groups excluding carboxylic acids is 1. The number of amides is 1. The number of halogens is 1. The van der Waals surface area contributed by atoms with E-state index in [1.165, 1.54) is 12.8 Å². The Morgan fingerprint density at radius 3 is 2.57 bits per heavy atom. The first-order valence-corrected chi connectivity index (χ1v) is 7.91. The van der Waals surface area contributed by atoms with Crippen LogP contribution in [-0.4, -0.2) is 35.6 Å². The topological polar surface area (TPSA) is 41.6 Å². The van der Waals surface area contributed by atoms with Crippen molar-refractivity contribution >= 4 is 34.8 Å². The number of likely N-dealkylation sites (tertiary alicyclic amines) is 1. The SMILES string of the molecule is O=C(COc1ccccc1Cl)NC(=S)N1CCCCCC1. The van der Waals surface area contributed by atoms with Gasteiger partial charge in [0.25, 0.3) is 5.91 Å². The smallest absolute Gasteiger partial charge is 0.264 e. The molecule has 0 aliphatic carbocycles. The molecule has 1 heterocycles. The van der Waals surface area contributed by atoms with E-state index in [2.05, 4.69) is 10.2 Å². The first kappa shape index (κ1) is 16.0. The van der Waals surface area contributed by atoms with Crippen LogP contribution in [0.4, 0.5) is 0 Å². The minimum Gasteiger partial charge on any atom is -0.482 e. The monoisotopic (exact) mass is 326 g/mol. The maximum absolute atomic E-state index is 11.9. The number of hydrogen-bond donors (Lipinski definition) is 1. The van der Waals surface area contributed by atoms with Gasteiger partial charge in [0.1, 0.15) is 5.75 Å². The van der Waals surface area contributed by atoms with Gasteiger partial charge in [-0.15, -0.1) is 0 Å². The predicted octanol–water partition coefficient (Wildman–Crippen LogP) is 3.00. The van der Waals surface area contributed by atoms with E-state index >= 15 is 0 Å². The van der Waals surface area contributed by atoms with Crippen molar-refractivity contribution in [2.45, 2.75) is 25.7 Å². The number of nitrogens with zero attached hydrogens (tertiary/aromatic N) is 1. The van der Waals surface area contributed by atoms with E-state index in [0.29, 0.717) is 15.9 Å². The molecule has 0 bridgehead atoms. The summed E-state index contributed by atoms with van der Waals surface area (Å²) in [6.45, 7) is 1.71. The summed E-state index contributed by atoms with van der Waals surface area (Å²) in [5, 5.41) is 3.69. The van der Waals surface area contributed by atoms with E-state index in [0.717, 1.165) is 25.9 Å². The zero-order valence-electron chi connectivity index (χ0n) is 11.8. The number of nitrogens with one attached hydrogen (secondary N) is 1. The zero-order chi connectivity index (χ0) is 15.1. The van der Waals surface area contributed by atoms with E-state index in [1.54, 1.807) is 18.2 Å². The molecule has 1 aliphatic rings. The van der Waals surface area contributed by atoms with E-state index < -0.39 is 0 Å². The fourth-order valence-corrected chi connectivity index (χ4v) is 2.70. The minimum absolute atomic E-state index is 0.0995. The summed E-state index contributed by atoms with van der Waals surface area (Å²) in [7, 11) is 0. The Balaban J connectivity index is 1.78. The van der Waals surface area contributed by atoms with Crippen LogP contribution in [0.15, 0.2) is 24.3 Å². The van der Waals surface area contributed by atoms with E-state index in [-0.39, 0.29) is 12.5 Å². The molecule has 1 N–H and O–H groups in total. The number of carbonyl (C=O) groups is 1. The molecule has 1 fully saturated rings. The van der Waals surface area contributed by atoms with Crippen molar-refractivity contribution in [3.63, 3.8) is 0 Å². The van der Waals surface area contributed by atoms with E-state index in [4.69, 9.17) is 28.6 Å². The lowest BCUT2D eigenvalue weighted by Crippen LogP contribution is -2.44. The predicted molar refractivity (Wildman–Crippen MR) is 87.7 cm³/mol. The van der Waals surface area contributed by atoms with Gasteiger partial charge in [-0.25, -0.2) is 0 Å². The van der Waals surface area contributed by atoms with Gasteiger partial charge >= 0.3 is 0 Å². The quantitative estimate of drug-likeness (QED) is 0.867. The average Bonchev–Trinajstić information content (AvgIpc) is 2.75. The van der Waals surface area contributed by atoms with Crippen LogP contribution in [-0.2, 0) is 4.79 Å². The fraction of sp³-hybridized carbons (Fsp3) is 0.467. The molecule has 6 heteroatoms. The molecule has 21 heavy (non-hydrogen) atoms. The third kappa shape index (κ3) is 5.17. The molecule has 4 nitrogen and oxygen atoms in total. The second-order valence-electron chi connectivity index (χ2n) is 4.97. The summed E-state index contributed by atoms with van der Waals surface area (Å²) in [6, 6.07) is 7.06. The highest BCUT2D eigenvalue weighted by atomic mass is 35.5. The summed E-state index contributed by atoms with van der Waals surface area (Å²) >= 11 is 11.2. The molecule has 1 aliphatic heterocycles. The summed E-state index contributed by atoms with van der Waals surface area (Å²) in [5.74, 6) is 0.235. The van der Waals surface area contributed by atoms with Crippen LogP contribution in [0.1, 0.15) is 25.7 Å². The van der Waals surface area contributed by atoms with Gasteiger partial charge in [-0.05, 0) is 37.2 Å². The summed E-state index contributed by atoms with van der Waals surface area (Å²) in [5.41, 5.74) is 0. The first-order chi connectivity index (χ1) is 10.2. The molecule has 1 aromatic carbocycles. The summed E-state index contributed by atoms with van der Waals surface area (Å²) in [6.07, 6.45) is 4.68. The number of hydrogen-bond acceptors (Lipinski definition) is 3. The third-order valence-corrected chi connectivity index (χ3v) is 4.01. The lowest BCUT2D eigenvalue weighted by atomic mass is 10.2. The van der Waals surface area contributed by atoms with Gasteiger partial charge in [-0.2, -0.15) is 0 Å². The molecule has 0 saturated carbocycles. The Morgan fingerprint density at radius 2 is 1.90 bits per heavy atom. The molecule has 2 rings (SSSR count). The Kier molecular flexibility index (Phi) is 6.26. The van der Waals surface area contributed by atoms with Crippen molar-refractivity contribution in [2.75, 3.05) is 19.7 Å². The zero-order valence-corrected chi connectivity index (χ0v) is 13.4. The van der Waals surface area contributed by atoms with Gasteiger partial charge in [0, 0.05) is 13.1 Å². The largest absolute Gasteiger partial charge is 0.482 e. The summed E-state index contributed by atoms with van der Waals surface area (Å²) < 4.78 is 5.39. The molecule has 1 saturated heterocycles. The lowest BCUT2D eigenvalue weighted by Gasteiger charge is -2.23. The third-order valence-electron chi connectivity index (χ3n) is 3.34. The van der Waals surface area contributed by atoms with Gasteiger partial charge in [-0.3, -0.25) is 4.79 Å². The number of thiocarbonyl (C=S) groups is 1. The van der Waals surface area contributed by atoms with E-state index in [9.17, 15) is 4.79 Å². The van der Waals surface area contributed by atoms with Crippen LogP contribution in [0.25, 0.3) is 0 Å². The van der Waals surface area contributed by atoms with Gasteiger partial charge in [0.15, 0.2) is 11.7 Å². The Labute approximate surface area is 135 Å². The Morgan fingerprint density at radius 1 is 1.24 bits per heavy atom. The van der Waals surface area contributed by atoms with Crippen molar-refractivity contribution in [3.8, 4) is 5.75 Å². The molecule has 0 radical (unpaired) electrons. The van der Waals surface area contributed by atoms with Crippen molar-refractivity contribution in [2.24, 2.45) is 0 Å². The molecular weight excluding hydrogens is 308 g/mol. The number of benzene rings is 1. The molecule has 114 valence electrons. The van der Waals surface area contributed by atoms with Crippen LogP contribution in [0.3, 0.4) is 0 Å². The Bertz CT molecular complexity index is 502. The maximum atomic E-state index is 11.9. The molecule has 0 unspecified atom stereocenters. The average molecular weight is 327 g/mol. The first-order valence-electron chi connectivity index (χ1n) is 7.13. The molecular formula is C15H19ClN2O2S. The van der Waals surface area contributed by atoms with Crippen LogP contribution in [0, 0.1) is 0 Å². The second kappa shape index (κ2) is 8.20. The molecule has 1 aromatic rings. The fourth-order valence-electron chi connectivity index (χ4n) is 2.21. The maximum Gasteiger partial charge on any atom is 0.264 e. The van der Waals surface area contributed by atoms with Gasteiger partial charge in [0.05, 0.1) is 5.02 Å². The number of ether oxygens (including phenoxy) is 1. The van der Waals surface area contributed by atoms with Gasteiger partial charge in [0.2, 0.25) is 0 Å². The standard InChI is InChI=1S/C15H19ClN2O2S/c16-12-7-3-4-8-13(12)20-11-14(19)17-15(21)18-9-5-1-2-6-10-18/h3-4,7-8H,1-2,5-6,9-11H2,(H,17,19,21). The highest BCUT2D eigenvalue weighted by Gasteiger charge is 2.15. The lowest BCUT2D eigenvalue weighted by molar-refractivity contribution is -0.121. The van der Waals surface area contributed by atoms with E-state index in [1.807, 2.05) is 6.07 Å². The van der Waals surface area contributed by atoms with Gasteiger partial charge < -0.3 is 15.0 Å². The molecule has 0 spiro atoms. The van der Waals surface area contributed by atoms with Crippen LogP contribution < -0.4 is 10.1 Å². The van der Waals surface area contributed by atoms with Crippen molar-refractivity contribution < 1.29 is 9.53 Å². The van der Waals surface area contributed by atoms with Crippen molar-refractivity contribution in [3.05, 3.63) is 29.3 Å². The normalized spacial score (nSPS) is 15.2. The second-order valence-corrected chi connectivity index (χ2v) is 5.77. The minimum atomic E-state index is -0.260. The van der Waals surface area contributed by atoms with Crippen molar-refractivity contribution in [1.29, 1.82) is 0 Å². The number of para-hydroxylation sites is 1. The molecule has 0 atom stereocenters.